The Morgan fingerprint density at radius 1 is 1.24 bits per heavy atom. The second-order valence-electron chi connectivity index (χ2n) is 6.53. The van der Waals surface area contributed by atoms with Gasteiger partial charge in [0.2, 0.25) is 5.91 Å². The molecule has 1 amide bonds. The number of ether oxygens (including phenoxy) is 1. The molecular weight excluding hydrogens is 266 g/mol. The van der Waals surface area contributed by atoms with Gasteiger partial charge in [0, 0.05) is 18.2 Å². The van der Waals surface area contributed by atoms with Crippen molar-refractivity contribution in [2.75, 3.05) is 4.90 Å². The highest BCUT2D eigenvalue weighted by Gasteiger charge is 2.30. The summed E-state index contributed by atoms with van der Waals surface area (Å²) < 4.78 is 5.24. The summed E-state index contributed by atoms with van der Waals surface area (Å²) in [6.45, 7) is 7.51. The number of rotatable bonds is 3. The zero-order valence-corrected chi connectivity index (χ0v) is 13.2. The number of hydrogen-bond acceptors (Lipinski definition) is 3. The first-order chi connectivity index (χ1) is 9.78. The minimum absolute atomic E-state index is 0.0155. The van der Waals surface area contributed by atoms with E-state index in [9.17, 15) is 9.59 Å². The van der Waals surface area contributed by atoms with E-state index in [-0.39, 0.29) is 30.8 Å². The third-order valence-corrected chi connectivity index (χ3v) is 3.44. The third-order valence-electron chi connectivity index (χ3n) is 3.44. The molecule has 0 saturated heterocycles. The van der Waals surface area contributed by atoms with Crippen LogP contribution in [-0.4, -0.2) is 23.5 Å². The first kappa shape index (κ1) is 15.5. The Balaban J connectivity index is 1.97. The molecule has 1 atom stereocenters. The molecule has 0 aromatic heterocycles. The molecular formula is C17H23NO3. The van der Waals surface area contributed by atoms with Crippen molar-refractivity contribution in [1.29, 1.82) is 0 Å². The highest BCUT2D eigenvalue weighted by Crippen LogP contribution is 2.32. The lowest BCUT2D eigenvalue weighted by Crippen LogP contribution is -2.36. The van der Waals surface area contributed by atoms with Gasteiger partial charge in [0.25, 0.3) is 0 Å². The highest BCUT2D eigenvalue weighted by atomic mass is 16.6. The number of carbonyl (C=O) groups is 2. The Labute approximate surface area is 126 Å². The second kappa shape index (κ2) is 5.88. The summed E-state index contributed by atoms with van der Waals surface area (Å²) in [5.74, 6) is -0.339. The monoisotopic (exact) mass is 289 g/mol. The molecule has 4 nitrogen and oxygen atoms in total. The molecule has 0 radical (unpaired) electrons. The topological polar surface area (TPSA) is 46.6 Å². The van der Waals surface area contributed by atoms with Gasteiger partial charge >= 0.3 is 5.97 Å². The predicted octanol–water partition coefficient (Wildman–Crippen LogP) is 3.09. The summed E-state index contributed by atoms with van der Waals surface area (Å²) in [5.41, 5.74) is 1.66. The highest BCUT2D eigenvalue weighted by molar-refractivity contribution is 5.97. The van der Waals surface area contributed by atoms with Gasteiger partial charge in [-0.1, -0.05) is 18.2 Å². The summed E-state index contributed by atoms with van der Waals surface area (Å²) >= 11 is 0. The van der Waals surface area contributed by atoms with Crippen LogP contribution in [0.15, 0.2) is 24.3 Å². The Bertz CT molecular complexity index is 545. The maximum Gasteiger partial charge on any atom is 0.306 e. The van der Waals surface area contributed by atoms with Gasteiger partial charge in [-0.25, -0.2) is 0 Å². The molecule has 0 spiro atoms. The van der Waals surface area contributed by atoms with E-state index < -0.39 is 5.60 Å². The maximum atomic E-state index is 12.4. The molecule has 0 N–H and O–H groups in total. The summed E-state index contributed by atoms with van der Waals surface area (Å²) in [6.07, 6.45) is 1.18. The van der Waals surface area contributed by atoms with Crippen LogP contribution in [0, 0.1) is 0 Å². The number of para-hydroxylation sites is 1. The van der Waals surface area contributed by atoms with E-state index in [2.05, 4.69) is 0 Å². The van der Waals surface area contributed by atoms with E-state index in [0.717, 1.165) is 12.1 Å². The number of carbonyl (C=O) groups excluding carboxylic acids is 2. The molecule has 1 heterocycles. The predicted molar refractivity (Wildman–Crippen MR) is 82.2 cm³/mol. The summed E-state index contributed by atoms with van der Waals surface area (Å²) in [6, 6.07) is 8.08. The van der Waals surface area contributed by atoms with Crippen LogP contribution in [0.25, 0.3) is 0 Å². The van der Waals surface area contributed by atoms with Gasteiger partial charge in [0.15, 0.2) is 0 Å². The number of amides is 1. The molecule has 0 saturated carbocycles. The fraction of sp³-hybridized carbons (Fsp3) is 0.529. The van der Waals surface area contributed by atoms with Crippen LogP contribution < -0.4 is 4.90 Å². The van der Waals surface area contributed by atoms with Crippen molar-refractivity contribution < 1.29 is 14.3 Å². The van der Waals surface area contributed by atoms with Gasteiger partial charge < -0.3 is 9.64 Å². The average molecular weight is 289 g/mol. The molecule has 1 aromatic carbocycles. The second-order valence-corrected chi connectivity index (χ2v) is 6.53. The standard InChI is InChI=1S/C17H23NO3/c1-12-11-13-7-5-6-8-14(13)18(12)15(19)9-10-16(20)21-17(2,3)4/h5-8,12H,9-11H2,1-4H3. The minimum Gasteiger partial charge on any atom is -0.460 e. The van der Waals surface area contributed by atoms with E-state index in [1.165, 1.54) is 5.56 Å². The van der Waals surface area contributed by atoms with Crippen molar-refractivity contribution in [2.24, 2.45) is 0 Å². The Hall–Kier alpha value is -1.84. The summed E-state index contributed by atoms with van der Waals surface area (Å²) in [7, 11) is 0. The van der Waals surface area contributed by atoms with Gasteiger partial charge in [-0.15, -0.1) is 0 Å². The molecule has 0 aliphatic carbocycles. The van der Waals surface area contributed by atoms with E-state index in [0.29, 0.717) is 0 Å². The molecule has 1 aliphatic rings. The van der Waals surface area contributed by atoms with Gasteiger partial charge in [-0.2, -0.15) is 0 Å². The first-order valence-corrected chi connectivity index (χ1v) is 7.40. The normalized spacial score (nSPS) is 17.5. The Kier molecular flexibility index (Phi) is 4.35. The largest absolute Gasteiger partial charge is 0.460 e. The van der Waals surface area contributed by atoms with Crippen LogP contribution >= 0.6 is 0 Å². The van der Waals surface area contributed by atoms with Crippen LogP contribution in [-0.2, 0) is 20.7 Å². The van der Waals surface area contributed by atoms with E-state index in [1.807, 2.05) is 52.0 Å². The zero-order chi connectivity index (χ0) is 15.6. The van der Waals surface area contributed by atoms with Crippen LogP contribution in [0.4, 0.5) is 5.69 Å². The molecule has 1 aromatic rings. The molecule has 114 valence electrons. The molecule has 21 heavy (non-hydrogen) atoms. The quantitative estimate of drug-likeness (QED) is 0.803. The number of anilines is 1. The molecule has 1 unspecified atom stereocenters. The SMILES string of the molecule is CC1Cc2ccccc2N1C(=O)CCC(=O)OC(C)(C)C. The lowest BCUT2D eigenvalue weighted by Gasteiger charge is -2.23. The van der Waals surface area contributed by atoms with Crippen LogP contribution in [0.2, 0.25) is 0 Å². The van der Waals surface area contributed by atoms with E-state index in [1.54, 1.807) is 4.90 Å². The van der Waals surface area contributed by atoms with Crippen LogP contribution in [0.1, 0.15) is 46.1 Å². The maximum absolute atomic E-state index is 12.4. The molecule has 2 rings (SSSR count). The van der Waals surface area contributed by atoms with Gasteiger partial charge in [-0.05, 0) is 45.7 Å². The molecule has 0 bridgehead atoms. The van der Waals surface area contributed by atoms with Crippen molar-refractivity contribution in [3.8, 4) is 0 Å². The smallest absolute Gasteiger partial charge is 0.306 e. The van der Waals surface area contributed by atoms with Crippen molar-refractivity contribution >= 4 is 17.6 Å². The Morgan fingerprint density at radius 2 is 1.90 bits per heavy atom. The van der Waals surface area contributed by atoms with Crippen molar-refractivity contribution in [3.05, 3.63) is 29.8 Å². The van der Waals surface area contributed by atoms with Gasteiger partial charge in [-0.3, -0.25) is 9.59 Å². The van der Waals surface area contributed by atoms with Crippen LogP contribution in [0.5, 0.6) is 0 Å². The van der Waals surface area contributed by atoms with E-state index >= 15 is 0 Å². The third kappa shape index (κ3) is 3.84. The van der Waals surface area contributed by atoms with Gasteiger partial charge in [0.1, 0.15) is 5.60 Å². The number of nitrogens with zero attached hydrogens (tertiary/aromatic N) is 1. The number of hydrogen-bond donors (Lipinski definition) is 0. The minimum atomic E-state index is -0.506. The summed E-state index contributed by atoms with van der Waals surface area (Å²) in [5, 5.41) is 0. The molecule has 4 heteroatoms. The number of benzene rings is 1. The first-order valence-electron chi connectivity index (χ1n) is 7.40. The van der Waals surface area contributed by atoms with Gasteiger partial charge in [0.05, 0.1) is 6.42 Å². The lowest BCUT2D eigenvalue weighted by molar-refractivity contribution is -0.155. The number of fused-ring (bicyclic) bond motifs is 1. The Morgan fingerprint density at radius 3 is 2.57 bits per heavy atom. The fourth-order valence-electron chi connectivity index (χ4n) is 2.67. The van der Waals surface area contributed by atoms with Crippen molar-refractivity contribution in [2.45, 2.75) is 58.6 Å². The fourth-order valence-corrected chi connectivity index (χ4v) is 2.67. The number of esters is 1. The van der Waals surface area contributed by atoms with Crippen LogP contribution in [0.3, 0.4) is 0 Å². The summed E-state index contributed by atoms with van der Waals surface area (Å²) in [4.78, 5) is 25.9. The average Bonchev–Trinajstić information content (AvgIpc) is 2.70. The van der Waals surface area contributed by atoms with E-state index in [4.69, 9.17) is 4.74 Å². The van der Waals surface area contributed by atoms with Crippen molar-refractivity contribution in [3.63, 3.8) is 0 Å². The molecule has 1 aliphatic heterocycles. The lowest BCUT2D eigenvalue weighted by atomic mass is 10.1. The molecule has 0 fully saturated rings. The zero-order valence-electron chi connectivity index (χ0n) is 13.2. The van der Waals surface area contributed by atoms with Crippen molar-refractivity contribution in [1.82, 2.24) is 0 Å².